The predicted octanol–water partition coefficient (Wildman–Crippen LogP) is 1.89. The third-order valence-electron chi connectivity index (χ3n) is 2.89. The molecule has 0 aliphatic heterocycles. The van der Waals surface area contributed by atoms with Gasteiger partial charge in [-0.15, -0.1) is 0 Å². The first-order chi connectivity index (χ1) is 9.85. The van der Waals surface area contributed by atoms with Crippen LogP contribution in [0.25, 0.3) is 0 Å². The SMILES string of the molecule is CCS(=O)CCNC(=O)Nc1c(C)cc(C)cc1C(=O)O. The summed E-state index contributed by atoms with van der Waals surface area (Å²) in [5, 5.41) is 14.3. The first-order valence-corrected chi connectivity index (χ1v) is 8.08. The average molecular weight is 312 g/mol. The molecule has 21 heavy (non-hydrogen) atoms. The van der Waals surface area contributed by atoms with Crippen LogP contribution >= 0.6 is 0 Å². The number of carboxylic acid groups (broad SMARTS) is 1. The summed E-state index contributed by atoms with van der Waals surface area (Å²) in [5.74, 6) is -0.171. The lowest BCUT2D eigenvalue weighted by atomic mass is 10.0. The lowest BCUT2D eigenvalue weighted by Gasteiger charge is -2.13. The van der Waals surface area contributed by atoms with Gasteiger partial charge in [-0.05, 0) is 31.0 Å². The minimum Gasteiger partial charge on any atom is -0.478 e. The highest BCUT2D eigenvalue weighted by Crippen LogP contribution is 2.22. The summed E-state index contributed by atoms with van der Waals surface area (Å²) < 4.78 is 11.2. The number of carbonyl (C=O) groups is 2. The second-order valence-electron chi connectivity index (χ2n) is 4.62. The van der Waals surface area contributed by atoms with E-state index >= 15 is 0 Å². The van der Waals surface area contributed by atoms with Crippen LogP contribution in [0.5, 0.6) is 0 Å². The second kappa shape index (κ2) is 7.78. The van der Waals surface area contributed by atoms with Crippen molar-refractivity contribution in [1.82, 2.24) is 5.32 Å². The molecule has 1 aromatic carbocycles. The van der Waals surface area contributed by atoms with Crippen molar-refractivity contribution in [3.63, 3.8) is 0 Å². The monoisotopic (exact) mass is 312 g/mol. The number of carboxylic acids is 1. The van der Waals surface area contributed by atoms with Crippen LogP contribution in [0.15, 0.2) is 12.1 Å². The van der Waals surface area contributed by atoms with Crippen molar-refractivity contribution >= 4 is 28.5 Å². The Bertz CT molecular complexity index is 572. The molecule has 0 saturated heterocycles. The van der Waals surface area contributed by atoms with Gasteiger partial charge in [-0.2, -0.15) is 0 Å². The maximum atomic E-state index is 11.8. The molecule has 0 radical (unpaired) electrons. The van der Waals surface area contributed by atoms with E-state index in [4.69, 9.17) is 0 Å². The zero-order valence-electron chi connectivity index (χ0n) is 12.4. The van der Waals surface area contributed by atoms with E-state index in [-0.39, 0.29) is 17.8 Å². The number of hydrogen-bond donors (Lipinski definition) is 3. The van der Waals surface area contributed by atoms with E-state index in [0.29, 0.717) is 17.1 Å². The summed E-state index contributed by atoms with van der Waals surface area (Å²) in [5.41, 5.74) is 1.83. The molecule has 0 spiro atoms. The molecule has 6 nitrogen and oxygen atoms in total. The Morgan fingerprint density at radius 1 is 1.29 bits per heavy atom. The summed E-state index contributed by atoms with van der Waals surface area (Å²) >= 11 is 0. The third kappa shape index (κ3) is 5.18. The summed E-state index contributed by atoms with van der Waals surface area (Å²) in [7, 11) is -0.946. The number of nitrogens with one attached hydrogen (secondary N) is 2. The number of benzene rings is 1. The fourth-order valence-electron chi connectivity index (χ4n) is 1.88. The molecule has 0 bridgehead atoms. The quantitative estimate of drug-likeness (QED) is 0.747. The van der Waals surface area contributed by atoms with Crippen LogP contribution in [-0.4, -0.2) is 39.4 Å². The highest BCUT2D eigenvalue weighted by atomic mass is 32.2. The smallest absolute Gasteiger partial charge is 0.337 e. The summed E-state index contributed by atoms with van der Waals surface area (Å²) in [6, 6.07) is 2.81. The highest BCUT2D eigenvalue weighted by Gasteiger charge is 2.15. The van der Waals surface area contributed by atoms with Gasteiger partial charge in [0.2, 0.25) is 0 Å². The van der Waals surface area contributed by atoms with E-state index in [9.17, 15) is 18.9 Å². The Balaban J connectivity index is 2.76. The van der Waals surface area contributed by atoms with E-state index in [1.165, 1.54) is 6.07 Å². The van der Waals surface area contributed by atoms with E-state index in [0.717, 1.165) is 5.56 Å². The predicted molar refractivity (Wildman–Crippen MR) is 83.4 cm³/mol. The molecule has 3 N–H and O–H groups in total. The van der Waals surface area contributed by atoms with Gasteiger partial charge in [0.05, 0.1) is 11.3 Å². The van der Waals surface area contributed by atoms with Crippen molar-refractivity contribution in [2.24, 2.45) is 0 Å². The Morgan fingerprint density at radius 3 is 2.52 bits per heavy atom. The summed E-state index contributed by atoms with van der Waals surface area (Å²) in [6.45, 7) is 5.62. The number of aromatic carboxylic acids is 1. The minimum atomic E-state index is -1.09. The van der Waals surface area contributed by atoms with E-state index < -0.39 is 22.8 Å². The molecular formula is C14H20N2O4S. The Morgan fingerprint density at radius 2 is 1.95 bits per heavy atom. The van der Waals surface area contributed by atoms with Gasteiger partial charge in [-0.25, -0.2) is 9.59 Å². The molecule has 0 aromatic heterocycles. The van der Waals surface area contributed by atoms with E-state index in [1.54, 1.807) is 19.9 Å². The minimum absolute atomic E-state index is 0.0554. The molecule has 0 saturated carbocycles. The Kier molecular flexibility index (Phi) is 6.36. The van der Waals surface area contributed by atoms with Crippen molar-refractivity contribution in [2.45, 2.75) is 20.8 Å². The van der Waals surface area contributed by atoms with Gasteiger partial charge in [0, 0.05) is 28.9 Å². The van der Waals surface area contributed by atoms with Gasteiger partial charge in [0.15, 0.2) is 0 Å². The normalized spacial score (nSPS) is 11.8. The maximum absolute atomic E-state index is 11.8. The third-order valence-corrected chi connectivity index (χ3v) is 4.19. The standard InChI is InChI=1S/C14H20N2O4S/c1-4-21(20)6-5-15-14(19)16-12-10(3)7-9(2)8-11(12)13(17)18/h7-8H,4-6H2,1-3H3,(H,17,18)(H2,15,16,19). The van der Waals surface area contributed by atoms with Gasteiger partial charge >= 0.3 is 12.0 Å². The zero-order chi connectivity index (χ0) is 16.0. The van der Waals surface area contributed by atoms with Crippen LogP contribution in [0.4, 0.5) is 10.5 Å². The van der Waals surface area contributed by atoms with Gasteiger partial charge in [-0.3, -0.25) is 4.21 Å². The number of rotatable bonds is 6. The summed E-state index contributed by atoms with van der Waals surface area (Å²) in [4.78, 5) is 23.0. The van der Waals surface area contributed by atoms with Crippen molar-refractivity contribution in [3.8, 4) is 0 Å². The lowest BCUT2D eigenvalue weighted by Crippen LogP contribution is -2.32. The molecule has 7 heteroatoms. The van der Waals surface area contributed by atoms with Crippen molar-refractivity contribution in [1.29, 1.82) is 0 Å². The van der Waals surface area contributed by atoms with Gasteiger partial charge in [-0.1, -0.05) is 13.0 Å². The number of amides is 2. The molecule has 1 atom stereocenters. The lowest BCUT2D eigenvalue weighted by molar-refractivity contribution is 0.0698. The average Bonchev–Trinajstić information content (AvgIpc) is 2.41. The van der Waals surface area contributed by atoms with Crippen LogP contribution in [0, 0.1) is 13.8 Å². The number of aryl methyl sites for hydroxylation is 2. The van der Waals surface area contributed by atoms with Crippen molar-refractivity contribution in [2.75, 3.05) is 23.4 Å². The Labute approximate surface area is 126 Å². The van der Waals surface area contributed by atoms with Crippen LogP contribution in [0.3, 0.4) is 0 Å². The topological polar surface area (TPSA) is 95.5 Å². The fraction of sp³-hybridized carbons (Fsp3) is 0.429. The van der Waals surface area contributed by atoms with Crippen LogP contribution < -0.4 is 10.6 Å². The maximum Gasteiger partial charge on any atom is 0.337 e. The first-order valence-electron chi connectivity index (χ1n) is 6.59. The molecule has 0 heterocycles. The molecule has 0 fully saturated rings. The Hall–Kier alpha value is -1.89. The molecule has 116 valence electrons. The van der Waals surface area contributed by atoms with Crippen LogP contribution in [0.2, 0.25) is 0 Å². The first kappa shape index (κ1) is 17.2. The van der Waals surface area contributed by atoms with E-state index in [1.807, 2.05) is 6.92 Å². The highest BCUT2D eigenvalue weighted by molar-refractivity contribution is 7.84. The van der Waals surface area contributed by atoms with Gasteiger partial charge in [0.25, 0.3) is 0 Å². The molecule has 0 aliphatic carbocycles. The molecule has 1 unspecified atom stereocenters. The van der Waals surface area contributed by atoms with Crippen LogP contribution in [-0.2, 0) is 10.8 Å². The fourth-order valence-corrected chi connectivity index (χ4v) is 2.50. The van der Waals surface area contributed by atoms with Crippen molar-refractivity contribution in [3.05, 3.63) is 28.8 Å². The van der Waals surface area contributed by atoms with Gasteiger partial charge < -0.3 is 15.7 Å². The van der Waals surface area contributed by atoms with Crippen molar-refractivity contribution < 1.29 is 18.9 Å². The number of urea groups is 1. The molecule has 0 aliphatic rings. The molecular weight excluding hydrogens is 292 g/mol. The molecule has 1 aromatic rings. The van der Waals surface area contributed by atoms with Crippen LogP contribution in [0.1, 0.15) is 28.4 Å². The second-order valence-corrected chi connectivity index (χ2v) is 6.49. The summed E-state index contributed by atoms with van der Waals surface area (Å²) in [6.07, 6.45) is 0. The number of carbonyl (C=O) groups excluding carboxylic acids is 1. The number of anilines is 1. The van der Waals surface area contributed by atoms with Gasteiger partial charge in [0.1, 0.15) is 0 Å². The largest absolute Gasteiger partial charge is 0.478 e. The molecule has 1 rings (SSSR count). The van der Waals surface area contributed by atoms with E-state index in [2.05, 4.69) is 10.6 Å². The number of hydrogen-bond acceptors (Lipinski definition) is 3. The molecule has 2 amide bonds. The zero-order valence-corrected chi connectivity index (χ0v) is 13.2.